The van der Waals surface area contributed by atoms with Gasteiger partial charge in [-0.05, 0) is 6.92 Å². The van der Waals surface area contributed by atoms with Gasteiger partial charge in [0.2, 0.25) is 0 Å². The number of esters is 1. The summed E-state index contributed by atoms with van der Waals surface area (Å²) in [5.41, 5.74) is -0.454. The largest absolute Gasteiger partial charge is 0.465 e. The molecule has 15 heavy (non-hydrogen) atoms. The lowest BCUT2D eigenvalue weighted by molar-refractivity contribution is -0.144. The molecule has 0 fully saturated rings. The summed E-state index contributed by atoms with van der Waals surface area (Å²) >= 11 is 5.59. The number of carbonyl (C=O) groups excluding carboxylic acids is 1. The number of hydrogen-bond acceptors (Lipinski definition) is 3. The molecule has 0 spiro atoms. The molecule has 0 saturated heterocycles. The second-order valence-corrected chi connectivity index (χ2v) is 3.04. The minimum Gasteiger partial charge on any atom is -0.465 e. The molecular formula is C8H9ClF2N2O2. The van der Waals surface area contributed by atoms with Crippen LogP contribution in [0.2, 0.25) is 5.15 Å². The van der Waals surface area contributed by atoms with Crippen LogP contribution >= 0.6 is 11.6 Å². The van der Waals surface area contributed by atoms with Gasteiger partial charge in [-0.3, -0.25) is 4.79 Å². The molecule has 0 aliphatic carbocycles. The van der Waals surface area contributed by atoms with Crippen LogP contribution in [0.4, 0.5) is 8.78 Å². The van der Waals surface area contributed by atoms with Gasteiger partial charge in [0, 0.05) is 6.07 Å². The van der Waals surface area contributed by atoms with Crippen molar-refractivity contribution in [1.29, 1.82) is 0 Å². The molecular weight excluding hydrogens is 230 g/mol. The van der Waals surface area contributed by atoms with Crippen LogP contribution in [0.5, 0.6) is 0 Å². The van der Waals surface area contributed by atoms with Crippen LogP contribution in [0, 0.1) is 0 Å². The number of nitrogens with zero attached hydrogens (tertiary/aromatic N) is 2. The van der Waals surface area contributed by atoms with E-state index in [-0.39, 0.29) is 18.3 Å². The monoisotopic (exact) mass is 238 g/mol. The Balaban J connectivity index is 2.73. The minimum atomic E-state index is -2.70. The first-order valence-electron chi connectivity index (χ1n) is 4.21. The van der Waals surface area contributed by atoms with Gasteiger partial charge in [0.25, 0.3) is 6.43 Å². The summed E-state index contributed by atoms with van der Waals surface area (Å²) in [5.74, 6) is -0.566. The standard InChI is InChI=1S/C8H9ClF2N2O2/c1-2-15-7(14)4-13-6(9)3-5(12-13)8(10)11/h3,8H,2,4H2,1H3. The summed E-state index contributed by atoms with van der Waals surface area (Å²) in [6.45, 7) is 1.60. The van der Waals surface area contributed by atoms with Crippen molar-refractivity contribution in [2.24, 2.45) is 0 Å². The maximum absolute atomic E-state index is 12.2. The molecule has 84 valence electrons. The lowest BCUT2D eigenvalue weighted by atomic mass is 10.5. The third-order valence-electron chi connectivity index (χ3n) is 1.56. The van der Waals surface area contributed by atoms with Crippen LogP contribution < -0.4 is 0 Å². The lowest BCUT2D eigenvalue weighted by Crippen LogP contribution is -2.14. The summed E-state index contributed by atoms with van der Waals surface area (Å²) in [6, 6.07) is 1.02. The highest BCUT2D eigenvalue weighted by molar-refractivity contribution is 6.29. The molecule has 0 atom stereocenters. The summed E-state index contributed by atoms with van der Waals surface area (Å²) in [7, 11) is 0. The summed E-state index contributed by atoms with van der Waals surface area (Å²) in [6.07, 6.45) is -2.70. The number of rotatable bonds is 4. The SMILES string of the molecule is CCOC(=O)Cn1nc(C(F)F)cc1Cl. The van der Waals surface area contributed by atoms with E-state index in [1.54, 1.807) is 6.92 Å². The number of aromatic nitrogens is 2. The van der Waals surface area contributed by atoms with E-state index in [4.69, 9.17) is 11.6 Å². The summed E-state index contributed by atoms with van der Waals surface area (Å²) < 4.78 is 30.0. The molecule has 0 amide bonds. The number of ether oxygens (including phenoxy) is 1. The number of halogens is 3. The van der Waals surface area contributed by atoms with Gasteiger partial charge in [-0.15, -0.1) is 0 Å². The predicted molar refractivity (Wildman–Crippen MR) is 48.8 cm³/mol. The van der Waals surface area contributed by atoms with E-state index < -0.39 is 18.1 Å². The molecule has 0 aromatic carbocycles. The first-order chi connectivity index (χ1) is 7.04. The van der Waals surface area contributed by atoms with Crippen LogP contribution in [0.1, 0.15) is 19.0 Å². The van der Waals surface area contributed by atoms with Crippen molar-refractivity contribution < 1.29 is 18.3 Å². The van der Waals surface area contributed by atoms with E-state index in [2.05, 4.69) is 9.84 Å². The molecule has 4 nitrogen and oxygen atoms in total. The van der Waals surface area contributed by atoms with Gasteiger partial charge in [0.15, 0.2) is 0 Å². The normalized spacial score (nSPS) is 10.7. The Morgan fingerprint density at radius 3 is 2.87 bits per heavy atom. The molecule has 0 radical (unpaired) electrons. The smallest absolute Gasteiger partial charge is 0.327 e. The average molecular weight is 239 g/mol. The number of carbonyl (C=O) groups is 1. The van der Waals surface area contributed by atoms with Gasteiger partial charge in [-0.1, -0.05) is 11.6 Å². The molecule has 1 aromatic heterocycles. The summed E-state index contributed by atoms with van der Waals surface area (Å²) in [4.78, 5) is 11.0. The Labute approximate surface area is 89.8 Å². The molecule has 0 unspecified atom stereocenters. The number of hydrogen-bond donors (Lipinski definition) is 0. The van der Waals surface area contributed by atoms with Crippen LogP contribution in [0.25, 0.3) is 0 Å². The minimum absolute atomic E-state index is 0.0154. The van der Waals surface area contributed by atoms with Crippen LogP contribution in [0.15, 0.2) is 6.07 Å². The quantitative estimate of drug-likeness (QED) is 0.754. The van der Waals surface area contributed by atoms with E-state index in [9.17, 15) is 13.6 Å². The zero-order valence-electron chi connectivity index (χ0n) is 7.91. The first-order valence-corrected chi connectivity index (χ1v) is 4.59. The highest BCUT2D eigenvalue weighted by Gasteiger charge is 2.16. The van der Waals surface area contributed by atoms with Gasteiger partial charge in [0.05, 0.1) is 6.61 Å². The lowest BCUT2D eigenvalue weighted by Gasteiger charge is -2.02. The van der Waals surface area contributed by atoms with Crippen molar-refractivity contribution in [3.63, 3.8) is 0 Å². The van der Waals surface area contributed by atoms with Crippen LogP contribution in [-0.2, 0) is 16.1 Å². The van der Waals surface area contributed by atoms with E-state index in [1.807, 2.05) is 0 Å². The van der Waals surface area contributed by atoms with Crippen LogP contribution in [0.3, 0.4) is 0 Å². The fourth-order valence-electron chi connectivity index (χ4n) is 0.959. The van der Waals surface area contributed by atoms with Crippen LogP contribution in [-0.4, -0.2) is 22.4 Å². The second kappa shape index (κ2) is 5.06. The first kappa shape index (κ1) is 11.9. The fraction of sp³-hybridized carbons (Fsp3) is 0.500. The predicted octanol–water partition coefficient (Wildman–Crippen LogP) is 2.04. The zero-order chi connectivity index (χ0) is 11.4. The highest BCUT2D eigenvalue weighted by Crippen LogP contribution is 2.20. The molecule has 7 heteroatoms. The van der Waals surface area contributed by atoms with Gasteiger partial charge < -0.3 is 4.74 Å². The van der Waals surface area contributed by atoms with Gasteiger partial charge in [0.1, 0.15) is 17.4 Å². The number of alkyl halides is 2. The Hall–Kier alpha value is -1.17. The third kappa shape index (κ3) is 3.16. The maximum Gasteiger partial charge on any atom is 0.327 e. The molecule has 0 bridgehead atoms. The Morgan fingerprint density at radius 2 is 2.40 bits per heavy atom. The third-order valence-corrected chi connectivity index (χ3v) is 1.86. The molecule has 1 rings (SSSR count). The van der Waals surface area contributed by atoms with Gasteiger partial charge in [-0.25, -0.2) is 13.5 Å². The molecule has 0 aliphatic heterocycles. The fourth-order valence-corrected chi connectivity index (χ4v) is 1.17. The van der Waals surface area contributed by atoms with E-state index in [1.165, 1.54) is 0 Å². The molecule has 0 aliphatic rings. The van der Waals surface area contributed by atoms with E-state index >= 15 is 0 Å². The Morgan fingerprint density at radius 1 is 1.73 bits per heavy atom. The molecule has 1 heterocycles. The van der Waals surface area contributed by atoms with Crippen molar-refractivity contribution in [2.45, 2.75) is 19.9 Å². The zero-order valence-corrected chi connectivity index (χ0v) is 8.67. The second-order valence-electron chi connectivity index (χ2n) is 2.66. The van der Waals surface area contributed by atoms with E-state index in [0.717, 1.165) is 10.7 Å². The topological polar surface area (TPSA) is 44.1 Å². The highest BCUT2D eigenvalue weighted by atomic mass is 35.5. The summed E-state index contributed by atoms with van der Waals surface area (Å²) in [5, 5.41) is 3.45. The van der Waals surface area contributed by atoms with Gasteiger partial charge >= 0.3 is 5.97 Å². The van der Waals surface area contributed by atoms with Crippen molar-refractivity contribution >= 4 is 17.6 Å². The molecule has 1 aromatic rings. The molecule has 0 N–H and O–H groups in total. The Kier molecular flexibility index (Phi) is 4.02. The maximum atomic E-state index is 12.2. The molecule has 0 saturated carbocycles. The van der Waals surface area contributed by atoms with Gasteiger partial charge in [-0.2, -0.15) is 5.10 Å². The van der Waals surface area contributed by atoms with Crippen molar-refractivity contribution in [3.8, 4) is 0 Å². The van der Waals surface area contributed by atoms with Crippen molar-refractivity contribution in [1.82, 2.24) is 9.78 Å². The van der Waals surface area contributed by atoms with Crippen molar-refractivity contribution in [3.05, 3.63) is 16.9 Å². The van der Waals surface area contributed by atoms with Crippen molar-refractivity contribution in [2.75, 3.05) is 6.61 Å². The Bertz CT molecular complexity index is 354. The average Bonchev–Trinajstić information content (AvgIpc) is 2.48. The van der Waals surface area contributed by atoms with E-state index in [0.29, 0.717) is 0 Å².